The largest absolute Gasteiger partial charge is 0.480 e. The normalized spacial score (nSPS) is 19.1. The first-order valence-corrected chi connectivity index (χ1v) is 12.1. The van der Waals surface area contributed by atoms with E-state index in [1.54, 1.807) is 6.92 Å². The summed E-state index contributed by atoms with van der Waals surface area (Å²) in [5.74, 6) is -1.19. The number of carboxylic acid groups (broad SMARTS) is 1. The van der Waals surface area contributed by atoms with Gasteiger partial charge in [0.05, 0.1) is 19.6 Å². The SMILES string of the molecule is CC1(C(=O)O)CCCCN1C(=O)CCOCCNC(=O)OCC1c2ccccc2-c2ccccc21. The van der Waals surface area contributed by atoms with E-state index in [1.165, 1.54) is 16.0 Å². The molecular formula is C27H32N2O6. The molecule has 186 valence electrons. The molecule has 0 aromatic heterocycles. The maximum absolute atomic E-state index is 12.5. The van der Waals surface area contributed by atoms with Crippen LogP contribution in [-0.4, -0.2) is 66.4 Å². The predicted molar refractivity (Wildman–Crippen MR) is 130 cm³/mol. The number of hydrogen-bond acceptors (Lipinski definition) is 5. The molecule has 0 bridgehead atoms. The van der Waals surface area contributed by atoms with Crippen LogP contribution in [0.1, 0.15) is 49.7 Å². The second-order valence-corrected chi connectivity index (χ2v) is 9.20. The van der Waals surface area contributed by atoms with Gasteiger partial charge < -0.3 is 24.8 Å². The third kappa shape index (κ3) is 5.32. The molecule has 2 aliphatic rings. The number of hydrogen-bond donors (Lipinski definition) is 2. The van der Waals surface area contributed by atoms with Gasteiger partial charge >= 0.3 is 12.1 Å². The van der Waals surface area contributed by atoms with Crippen molar-refractivity contribution in [3.63, 3.8) is 0 Å². The fraction of sp³-hybridized carbons (Fsp3) is 0.444. The highest BCUT2D eigenvalue weighted by molar-refractivity contribution is 5.87. The van der Waals surface area contributed by atoms with Crippen LogP contribution in [0, 0.1) is 0 Å². The molecule has 0 spiro atoms. The molecule has 8 heteroatoms. The monoisotopic (exact) mass is 480 g/mol. The van der Waals surface area contributed by atoms with Crippen LogP contribution in [0.2, 0.25) is 0 Å². The molecule has 1 aliphatic heterocycles. The quantitative estimate of drug-likeness (QED) is 0.529. The highest BCUT2D eigenvalue weighted by atomic mass is 16.5. The second-order valence-electron chi connectivity index (χ2n) is 9.20. The van der Waals surface area contributed by atoms with Gasteiger partial charge in [-0.2, -0.15) is 0 Å². The number of carboxylic acids is 1. The van der Waals surface area contributed by atoms with Crippen LogP contribution in [0.15, 0.2) is 48.5 Å². The minimum atomic E-state index is -1.15. The second kappa shape index (κ2) is 10.9. The van der Waals surface area contributed by atoms with Crippen LogP contribution in [0.25, 0.3) is 11.1 Å². The number of fused-ring (bicyclic) bond motifs is 3. The van der Waals surface area contributed by atoms with Gasteiger partial charge in [0.25, 0.3) is 0 Å². The number of nitrogens with zero attached hydrogens (tertiary/aromatic N) is 1. The van der Waals surface area contributed by atoms with Crippen molar-refractivity contribution in [1.29, 1.82) is 0 Å². The van der Waals surface area contributed by atoms with Gasteiger partial charge in [-0.05, 0) is 48.4 Å². The molecule has 1 heterocycles. The minimum Gasteiger partial charge on any atom is -0.480 e. The van der Waals surface area contributed by atoms with Crippen molar-refractivity contribution in [3.05, 3.63) is 59.7 Å². The van der Waals surface area contributed by atoms with Gasteiger partial charge in [0.15, 0.2) is 0 Å². The number of benzene rings is 2. The summed E-state index contributed by atoms with van der Waals surface area (Å²) in [7, 11) is 0. The Bertz CT molecular complexity index is 1040. The first-order chi connectivity index (χ1) is 16.9. The Morgan fingerprint density at radius 2 is 1.69 bits per heavy atom. The first kappa shape index (κ1) is 24.7. The van der Waals surface area contributed by atoms with Crippen molar-refractivity contribution in [2.75, 3.05) is 32.9 Å². The number of carbonyl (C=O) groups is 3. The summed E-state index contributed by atoms with van der Waals surface area (Å²) in [6, 6.07) is 16.3. The molecule has 1 aliphatic carbocycles. The highest BCUT2D eigenvalue weighted by Gasteiger charge is 2.43. The molecule has 1 unspecified atom stereocenters. The molecule has 4 rings (SSSR count). The molecule has 2 N–H and O–H groups in total. The number of carbonyl (C=O) groups excluding carboxylic acids is 2. The Morgan fingerprint density at radius 3 is 2.34 bits per heavy atom. The molecule has 0 saturated carbocycles. The smallest absolute Gasteiger partial charge is 0.407 e. The molecule has 0 radical (unpaired) electrons. The zero-order valence-electron chi connectivity index (χ0n) is 20.0. The number of piperidine rings is 1. The molecular weight excluding hydrogens is 448 g/mol. The van der Waals surface area contributed by atoms with Crippen LogP contribution in [0.4, 0.5) is 4.79 Å². The summed E-state index contributed by atoms with van der Waals surface area (Å²) in [5, 5.41) is 12.2. The van der Waals surface area contributed by atoms with Gasteiger partial charge in [0.2, 0.25) is 5.91 Å². The van der Waals surface area contributed by atoms with Gasteiger partial charge in [-0.25, -0.2) is 9.59 Å². The van der Waals surface area contributed by atoms with Crippen molar-refractivity contribution in [2.45, 2.75) is 44.1 Å². The number of nitrogens with one attached hydrogen (secondary N) is 1. The number of aliphatic carboxylic acids is 1. The fourth-order valence-corrected chi connectivity index (χ4v) is 5.01. The van der Waals surface area contributed by atoms with Crippen molar-refractivity contribution >= 4 is 18.0 Å². The van der Waals surface area contributed by atoms with E-state index < -0.39 is 17.6 Å². The topological polar surface area (TPSA) is 105 Å². The maximum Gasteiger partial charge on any atom is 0.407 e. The van der Waals surface area contributed by atoms with Crippen molar-refractivity contribution in [2.24, 2.45) is 0 Å². The molecule has 2 amide bonds. The number of alkyl carbamates (subject to hydrolysis) is 1. The summed E-state index contributed by atoms with van der Waals surface area (Å²) in [5.41, 5.74) is 3.51. The first-order valence-electron chi connectivity index (χ1n) is 12.1. The average Bonchev–Trinajstić information content (AvgIpc) is 3.18. The Morgan fingerprint density at radius 1 is 1.03 bits per heavy atom. The standard InChI is InChI=1S/C27H32N2O6/c1-27(25(31)32)13-6-7-15-29(27)24(30)12-16-34-17-14-28-26(33)35-18-23-21-10-4-2-8-19(21)20-9-3-5-11-22(20)23/h2-5,8-11,23H,6-7,12-18H2,1H3,(H,28,33)(H,31,32). The van der Waals surface area contributed by atoms with E-state index in [9.17, 15) is 19.5 Å². The number of likely N-dealkylation sites (tertiary alicyclic amines) is 1. The molecule has 2 aromatic rings. The van der Waals surface area contributed by atoms with Gasteiger partial charge in [0, 0.05) is 19.0 Å². The number of rotatable bonds is 9. The zero-order chi connectivity index (χ0) is 24.8. The maximum atomic E-state index is 12.5. The van der Waals surface area contributed by atoms with Gasteiger partial charge in [-0.3, -0.25) is 4.79 Å². The summed E-state index contributed by atoms with van der Waals surface area (Å²) >= 11 is 0. The van der Waals surface area contributed by atoms with Crippen LogP contribution >= 0.6 is 0 Å². The minimum absolute atomic E-state index is 0.00156. The van der Waals surface area contributed by atoms with E-state index in [0.717, 1.165) is 24.0 Å². The Hall–Kier alpha value is -3.39. The Balaban J connectivity index is 1.16. The highest BCUT2D eigenvalue weighted by Crippen LogP contribution is 2.44. The van der Waals surface area contributed by atoms with Crippen molar-refractivity contribution in [3.8, 4) is 11.1 Å². The summed E-state index contributed by atoms with van der Waals surface area (Å²) in [6.07, 6.45) is 1.65. The van der Waals surface area contributed by atoms with E-state index in [4.69, 9.17) is 9.47 Å². The van der Waals surface area contributed by atoms with Crippen LogP contribution in [-0.2, 0) is 19.1 Å². The summed E-state index contributed by atoms with van der Waals surface area (Å²) in [6.45, 7) is 2.94. The fourth-order valence-electron chi connectivity index (χ4n) is 5.01. The van der Waals surface area contributed by atoms with Crippen LogP contribution in [0.5, 0.6) is 0 Å². The lowest BCUT2D eigenvalue weighted by Gasteiger charge is -2.41. The Kier molecular flexibility index (Phi) is 7.70. The zero-order valence-corrected chi connectivity index (χ0v) is 20.0. The van der Waals surface area contributed by atoms with Gasteiger partial charge in [-0.15, -0.1) is 0 Å². The molecule has 1 fully saturated rings. The van der Waals surface area contributed by atoms with Crippen molar-refractivity contribution in [1.82, 2.24) is 10.2 Å². The van der Waals surface area contributed by atoms with E-state index in [-0.39, 0.29) is 44.6 Å². The van der Waals surface area contributed by atoms with Crippen LogP contribution in [0.3, 0.4) is 0 Å². The number of ether oxygens (including phenoxy) is 2. The summed E-state index contributed by atoms with van der Waals surface area (Å²) < 4.78 is 11.0. The molecule has 8 nitrogen and oxygen atoms in total. The predicted octanol–water partition coefficient (Wildman–Crippen LogP) is 3.79. The van der Waals surface area contributed by atoms with Gasteiger partial charge in [0.1, 0.15) is 12.1 Å². The van der Waals surface area contributed by atoms with E-state index in [2.05, 4.69) is 29.6 Å². The lowest BCUT2D eigenvalue weighted by molar-refractivity contribution is -0.161. The molecule has 1 saturated heterocycles. The lowest BCUT2D eigenvalue weighted by Crippen LogP contribution is -2.57. The molecule has 2 aromatic carbocycles. The van der Waals surface area contributed by atoms with E-state index >= 15 is 0 Å². The average molecular weight is 481 g/mol. The Labute approximate surface area is 205 Å². The van der Waals surface area contributed by atoms with E-state index in [0.29, 0.717) is 13.0 Å². The summed E-state index contributed by atoms with van der Waals surface area (Å²) in [4.78, 5) is 37.8. The molecule has 35 heavy (non-hydrogen) atoms. The van der Waals surface area contributed by atoms with Crippen molar-refractivity contribution < 1.29 is 29.0 Å². The third-order valence-electron chi connectivity index (χ3n) is 6.97. The number of amides is 2. The van der Waals surface area contributed by atoms with Gasteiger partial charge in [-0.1, -0.05) is 48.5 Å². The van der Waals surface area contributed by atoms with Crippen LogP contribution < -0.4 is 5.32 Å². The lowest BCUT2D eigenvalue weighted by atomic mass is 9.88. The third-order valence-corrected chi connectivity index (χ3v) is 6.97. The van der Waals surface area contributed by atoms with E-state index in [1.807, 2.05) is 24.3 Å². The molecule has 1 atom stereocenters.